The molecule has 0 saturated carbocycles. The molecular formula is C12H26N2O3Si. The lowest BCUT2D eigenvalue weighted by atomic mass is 10.1. The molecule has 0 aliphatic carbocycles. The first-order valence-corrected chi connectivity index (χ1v) is 9.36. The van der Waals surface area contributed by atoms with Crippen LogP contribution < -0.4 is 5.73 Å². The Hall–Kier alpha value is -0.593. The molecule has 0 aromatic rings. The second kappa shape index (κ2) is 5.18. The normalized spacial score (nSPS) is 25.6. The van der Waals surface area contributed by atoms with E-state index in [1.54, 1.807) is 0 Å². The van der Waals surface area contributed by atoms with Gasteiger partial charge in [-0.1, -0.05) is 20.8 Å². The maximum atomic E-state index is 11.1. The second-order valence-electron chi connectivity index (χ2n) is 6.57. The van der Waals surface area contributed by atoms with Gasteiger partial charge >= 0.3 is 6.09 Å². The van der Waals surface area contributed by atoms with Crippen molar-refractivity contribution in [2.45, 2.75) is 57.4 Å². The summed E-state index contributed by atoms with van der Waals surface area (Å²) >= 11 is 0. The number of amides is 1. The Morgan fingerprint density at radius 2 is 2.06 bits per heavy atom. The van der Waals surface area contributed by atoms with Gasteiger partial charge in [0.15, 0.2) is 8.32 Å². The van der Waals surface area contributed by atoms with Crippen LogP contribution in [-0.4, -0.2) is 49.7 Å². The number of nitrogens with two attached hydrogens (primary N) is 1. The van der Waals surface area contributed by atoms with Crippen LogP contribution in [0.3, 0.4) is 0 Å². The number of hydrogen-bond acceptors (Lipinski definition) is 3. The Morgan fingerprint density at radius 3 is 2.50 bits per heavy atom. The van der Waals surface area contributed by atoms with Crippen molar-refractivity contribution in [2.24, 2.45) is 5.73 Å². The third kappa shape index (κ3) is 3.24. The molecule has 0 bridgehead atoms. The van der Waals surface area contributed by atoms with Crippen molar-refractivity contribution in [3.63, 3.8) is 0 Å². The summed E-state index contributed by atoms with van der Waals surface area (Å²) in [5.41, 5.74) is 5.98. The minimum absolute atomic E-state index is 0.106. The number of nitrogens with zero attached hydrogens (tertiary/aromatic N) is 1. The van der Waals surface area contributed by atoms with Crippen LogP contribution in [0.2, 0.25) is 18.1 Å². The van der Waals surface area contributed by atoms with Gasteiger partial charge in [-0.25, -0.2) is 4.79 Å². The monoisotopic (exact) mass is 274 g/mol. The average molecular weight is 274 g/mol. The van der Waals surface area contributed by atoms with Crippen molar-refractivity contribution in [3.05, 3.63) is 0 Å². The minimum atomic E-state index is -1.84. The highest BCUT2D eigenvalue weighted by molar-refractivity contribution is 6.74. The van der Waals surface area contributed by atoms with Crippen LogP contribution >= 0.6 is 0 Å². The van der Waals surface area contributed by atoms with Crippen molar-refractivity contribution in [1.82, 2.24) is 4.90 Å². The van der Waals surface area contributed by atoms with Crippen LogP contribution in [0, 0.1) is 0 Å². The first-order valence-electron chi connectivity index (χ1n) is 6.45. The number of likely N-dealkylation sites (tertiary alicyclic amines) is 1. The molecule has 6 heteroatoms. The number of hydrogen-bond donors (Lipinski definition) is 2. The van der Waals surface area contributed by atoms with Crippen LogP contribution in [0.1, 0.15) is 27.2 Å². The van der Waals surface area contributed by atoms with E-state index in [1.807, 2.05) is 0 Å². The highest BCUT2D eigenvalue weighted by Gasteiger charge is 2.41. The van der Waals surface area contributed by atoms with E-state index < -0.39 is 14.4 Å². The Bertz CT molecular complexity index is 315. The van der Waals surface area contributed by atoms with Crippen LogP contribution in [0.25, 0.3) is 0 Å². The van der Waals surface area contributed by atoms with Crippen molar-refractivity contribution in [3.8, 4) is 0 Å². The van der Waals surface area contributed by atoms with Gasteiger partial charge in [-0.3, -0.25) is 0 Å². The molecule has 1 aliphatic rings. The Balaban J connectivity index is 2.64. The zero-order valence-corrected chi connectivity index (χ0v) is 13.1. The van der Waals surface area contributed by atoms with E-state index in [9.17, 15) is 4.79 Å². The second-order valence-corrected chi connectivity index (χ2v) is 11.4. The van der Waals surface area contributed by atoms with Gasteiger partial charge in [0.1, 0.15) is 0 Å². The molecule has 0 spiro atoms. The lowest BCUT2D eigenvalue weighted by Gasteiger charge is -2.38. The quantitative estimate of drug-likeness (QED) is 0.773. The van der Waals surface area contributed by atoms with Crippen molar-refractivity contribution < 1.29 is 14.3 Å². The van der Waals surface area contributed by atoms with Crippen LogP contribution in [-0.2, 0) is 4.43 Å². The van der Waals surface area contributed by atoms with E-state index in [4.69, 9.17) is 15.3 Å². The summed E-state index contributed by atoms with van der Waals surface area (Å²) in [6.07, 6.45) is -0.176. The predicted molar refractivity (Wildman–Crippen MR) is 74.3 cm³/mol. The molecule has 0 aromatic carbocycles. The molecule has 1 amide bonds. The van der Waals surface area contributed by atoms with E-state index in [0.717, 1.165) is 6.42 Å². The fourth-order valence-corrected chi connectivity index (χ4v) is 2.86. The molecule has 1 saturated heterocycles. The molecule has 106 valence electrons. The number of rotatable bonds is 3. The maximum Gasteiger partial charge on any atom is 0.407 e. The maximum absolute atomic E-state index is 11.1. The molecule has 1 fully saturated rings. The predicted octanol–water partition coefficient (Wildman–Crippen LogP) is 2.09. The van der Waals surface area contributed by atoms with Crippen LogP contribution in [0.4, 0.5) is 4.79 Å². The molecule has 1 heterocycles. The number of carbonyl (C=O) groups is 1. The van der Waals surface area contributed by atoms with Gasteiger partial charge in [-0.15, -0.1) is 0 Å². The van der Waals surface area contributed by atoms with Gasteiger partial charge in [0, 0.05) is 12.6 Å². The molecule has 0 radical (unpaired) electrons. The standard InChI is InChI=1S/C12H26N2O3Si/c1-12(2,3)18(4,5)17-8-10-9(13)6-7-14(10)11(15)16/h9-10H,6-8,13H2,1-5H3,(H,15,16)/t9-,10-/m0/s1. The summed E-state index contributed by atoms with van der Waals surface area (Å²) < 4.78 is 6.08. The fraction of sp³-hybridized carbons (Fsp3) is 0.917. The van der Waals surface area contributed by atoms with Gasteiger partial charge in [-0.2, -0.15) is 0 Å². The highest BCUT2D eigenvalue weighted by Crippen LogP contribution is 2.37. The van der Waals surface area contributed by atoms with Crippen molar-refractivity contribution >= 4 is 14.4 Å². The Labute approximate surface area is 110 Å². The molecule has 5 nitrogen and oxygen atoms in total. The molecule has 1 aliphatic heterocycles. The summed E-state index contributed by atoms with van der Waals surface area (Å²) in [6, 6.07) is -0.303. The third-order valence-electron chi connectivity index (χ3n) is 4.26. The summed E-state index contributed by atoms with van der Waals surface area (Å²) in [5, 5.41) is 9.25. The third-order valence-corrected chi connectivity index (χ3v) is 8.77. The van der Waals surface area contributed by atoms with Crippen molar-refractivity contribution in [1.29, 1.82) is 0 Å². The van der Waals surface area contributed by atoms with E-state index in [0.29, 0.717) is 13.2 Å². The summed E-state index contributed by atoms with van der Waals surface area (Å²) in [4.78, 5) is 12.5. The molecule has 2 atom stereocenters. The average Bonchev–Trinajstić information content (AvgIpc) is 2.55. The summed E-state index contributed by atoms with van der Waals surface area (Å²) in [6.45, 7) is 11.8. The Kier molecular flexibility index (Phi) is 4.45. The van der Waals surface area contributed by atoms with E-state index in [2.05, 4.69) is 33.9 Å². The van der Waals surface area contributed by atoms with Gasteiger partial charge in [-0.05, 0) is 24.6 Å². The number of carboxylic acid groups (broad SMARTS) is 1. The van der Waals surface area contributed by atoms with Gasteiger partial charge in [0.2, 0.25) is 0 Å². The smallest absolute Gasteiger partial charge is 0.407 e. The first-order chi connectivity index (χ1) is 8.06. The van der Waals surface area contributed by atoms with E-state index in [1.165, 1.54) is 4.90 Å². The molecule has 3 N–H and O–H groups in total. The van der Waals surface area contributed by atoms with Gasteiger partial charge in [0.25, 0.3) is 0 Å². The summed E-state index contributed by atoms with van der Waals surface area (Å²) in [7, 11) is -1.84. The minimum Gasteiger partial charge on any atom is -0.465 e. The lowest BCUT2D eigenvalue weighted by molar-refractivity contribution is 0.117. The largest absolute Gasteiger partial charge is 0.465 e. The van der Waals surface area contributed by atoms with Crippen LogP contribution in [0.15, 0.2) is 0 Å². The molecular weight excluding hydrogens is 248 g/mol. The lowest BCUT2D eigenvalue weighted by Crippen LogP contribution is -2.49. The topological polar surface area (TPSA) is 75.8 Å². The molecule has 1 rings (SSSR count). The zero-order chi connectivity index (χ0) is 14.1. The molecule has 0 aromatic heterocycles. The summed E-state index contributed by atoms with van der Waals surface area (Å²) in [5.74, 6) is 0. The van der Waals surface area contributed by atoms with Crippen molar-refractivity contribution in [2.75, 3.05) is 13.2 Å². The molecule has 0 unspecified atom stereocenters. The SMILES string of the molecule is CC(C)(C)[Si](C)(C)OC[C@H]1[C@@H](N)CCN1C(=O)O. The van der Waals surface area contributed by atoms with E-state index in [-0.39, 0.29) is 17.1 Å². The molecule has 18 heavy (non-hydrogen) atoms. The Morgan fingerprint density at radius 1 is 1.50 bits per heavy atom. The van der Waals surface area contributed by atoms with Gasteiger partial charge < -0.3 is 20.2 Å². The van der Waals surface area contributed by atoms with E-state index >= 15 is 0 Å². The fourth-order valence-electron chi connectivity index (χ4n) is 1.84. The first kappa shape index (κ1) is 15.5. The highest BCUT2D eigenvalue weighted by atomic mass is 28.4. The van der Waals surface area contributed by atoms with Gasteiger partial charge in [0.05, 0.1) is 12.6 Å². The van der Waals surface area contributed by atoms with Crippen LogP contribution in [0.5, 0.6) is 0 Å². The zero-order valence-electron chi connectivity index (χ0n) is 12.1.